The van der Waals surface area contributed by atoms with E-state index in [9.17, 15) is 0 Å². The monoisotopic (exact) mass is 275 g/mol. The van der Waals surface area contributed by atoms with Crippen molar-refractivity contribution in [3.05, 3.63) is 29.4 Å². The van der Waals surface area contributed by atoms with Crippen molar-refractivity contribution in [2.75, 3.05) is 27.4 Å². The summed E-state index contributed by atoms with van der Waals surface area (Å²) in [6.45, 7) is 6.63. The lowest BCUT2D eigenvalue weighted by Gasteiger charge is -2.34. The second-order valence-corrected chi connectivity index (χ2v) is 5.79. The van der Waals surface area contributed by atoms with Gasteiger partial charge in [0, 0.05) is 38.3 Å². The van der Waals surface area contributed by atoms with Gasteiger partial charge in [-0.3, -0.25) is 0 Å². The number of nitrogens with zero attached hydrogens (tertiary/aromatic N) is 5. The SMILES string of the molecule is CC(C)c1oncc1CN1C=C2C(=NCN2C)N(C)C1. The fraction of sp³-hybridized carbons (Fsp3) is 0.571. The molecule has 0 aliphatic carbocycles. The molecule has 0 unspecified atom stereocenters. The van der Waals surface area contributed by atoms with E-state index in [4.69, 9.17) is 4.52 Å². The average Bonchev–Trinajstić information content (AvgIpc) is 2.98. The predicted molar refractivity (Wildman–Crippen MR) is 76.9 cm³/mol. The molecule has 0 radical (unpaired) electrons. The van der Waals surface area contributed by atoms with Gasteiger partial charge in [-0.1, -0.05) is 19.0 Å². The summed E-state index contributed by atoms with van der Waals surface area (Å²) in [5.41, 5.74) is 2.34. The molecule has 0 bridgehead atoms. The Hall–Kier alpha value is -1.98. The third-order valence-electron chi connectivity index (χ3n) is 3.71. The maximum absolute atomic E-state index is 5.36. The lowest BCUT2D eigenvalue weighted by Crippen LogP contribution is -2.42. The molecule has 1 aromatic heterocycles. The molecule has 108 valence electrons. The molecule has 2 aliphatic heterocycles. The first-order valence-corrected chi connectivity index (χ1v) is 6.92. The Bertz CT molecular complexity index is 560. The van der Waals surface area contributed by atoms with Gasteiger partial charge in [0.25, 0.3) is 0 Å². The van der Waals surface area contributed by atoms with Crippen molar-refractivity contribution >= 4 is 5.84 Å². The topological polar surface area (TPSA) is 48.1 Å². The number of aromatic nitrogens is 1. The number of hydrogen-bond acceptors (Lipinski definition) is 6. The molecule has 1 aromatic rings. The Labute approximate surface area is 119 Å². The summed E-state index contributed by atoms with van der Waals surface area (Å²) in [7, 11) is 4.15. The number of aliphatic imine (C=N–C) groups is 1. The summed E-state index contributed by atoms with van der Waals surface area (Å²) in [6.07, 6.45) is 4.01. The third-order valence-corrected chi connectivity index (χ3v) is 3.71. The van der Waals surface area contributed by atoms with Crippen LogP contribution in [0.25, 0.3) is 0 Å². The zero-order valence-corrected chi connectivity index (χ0v) is 12.5. The molecule has 0 fully saturated rings. The second-order valence-electron chi connectivity index (χ2n) is 5.79. The van der Waals surface area contributed by atoms with Crippen molar-refractivity contribution in [2.24, 2.45) is 4.99 Å². The lowest BCUT2D eigenvalue weighted by atomic mass is 10.1. The normalized spacial score (nSPS) is 18.6. The molecule has 0 saturated heterocycles. The van der Waals surface area contributed by atoms with E-state index in [1.54, 1.807) is 0 Å². The maximum Gasteiger partial charge on any atom is 0.152 e. The Balaban J connectivity index is 1.82. The molecule has 2 aliphatic rings. The van der Waals surface area contributed by atoms with Crippen LogP contribution in [0.5, 0.6) is 0 Å². The zero-order chi connectivity index (χ0) is 14.3. The van der Waals surface area contributed by atoms with Gasteiger partial charge < -0.3 is 19.2 Å². The number of fused-ring (bicyclic) bond motifs is 1. The van der Waals surface area contributed by atoms with Gasteiger partial charge in [0.2, 0.25) is 0 Å². The molecular formula is C14H21N5O. The second kappa shape index (κ2) is 4.85. The molecule has 20 heavy (non-hydrogen) atoms. The van der Waals surface area contributed by atoms with Gasteiger partial charge >= 0.3 is 0 Å². The van der Waals surface area contributed by atoms with E-state index in [1.165, 1.54) is 5.70 Å². The maximum atomic E-state index is 5.36. The van der Waals surface area contributed by atoms with Gasteiger partial charge in [0.1, 0.15) is 12.4 Å². The van der Waals surface area contributed by atoms with Crippen LogP contribution in [-0.2, 0) is 6.54 Å². The van der Waals surface area contributed by atoms with Gasteiger partial charge in [-0.25, -0.2) is 4.99 Å². The van der Waals surface area contributed by atoms with Gasteiger partial charge in [0.15, 0.2) is 5.84 Å². The first-order chi connectivity index (χ1) is 9.56. The van der Waals surface area contributed by atoms with Gasteiger partial charge in [-0.15, -0.1) is 0 Å². The summed E-state index contributed by atoms with van der Waals surface area (Å²) in [5.74, 6) is 2.41. The summed E-state index contributed by atoms with van der Waals surface area (Å²) in [6, 6.07) is 0. The first kappa shape index (κ1) is 13.0. The fourth-order valence-corrected chi connectivity index (χ4v) is 2.71. The van der Waals surface area contributed by atoms with Crippen LogP contribution in [0.3, 0.4) is 0 Å². The Morgan fingerprint density at radius 3 is 2.85 bits per heavy atom. The highest BCUT2D eigenvalue weighted by Crippen LogP contribution is 2.24. The van der Waals surface area contributed by atoms with E-state index in [0.717, 1.165) is 37.0 Å². The number of hydrogen-bond donors (Lipinski definition) is 0. The van der Waals surface area contributed by atoms with Crippen LogP contribution < -0.4 is 0 Å². The first-order valence-electron chi connectivity index (χ1n) is 6.92. The molecule has 0 amide bonds. The Morgan fingerprint density at radius 2 is 2.10 bits per heavy atom. The highest BCUT2D eigenvalue weighted by atomic mass is 16.5. The Morgan fingerprint density at radius 1 is 1.30 bits per heavy atom. The van der Waals surface area contributed by atoms with Crippen LogP contribution >= 0.6 is 0 Å². The highest BCUT2D eigenvalue weighted by Gasteiger charge is 2.28. The summed E-state index contributed by atoms with van der Waals surface area (Å²) in [5, 5.41) is 3.94. The minimum atomic E-state index is 0.356. The van der Waals surface area contributed by atoms with Crippen molar-refractivity contribution < 1.29 is 4.52 Å². The van der Waals surface area contributed by atoms with Crippen LogP contribution in [0.1, 0.15) is 31.1 Å². The third kappa shape index (κ3) is 2.15. The molecule has 0 saturated carbocycles. The molecule has 3 heterocycles. The highest BCUT2D eigenvalue weighted by molar-refractivity contribution is 5.99. The lowest BCUT2D eigenvalue weighted by molar-refractivity contribution is 0.246. The van der Waals surface area contributed by atoms with E-state index in [0.29, 0.717) is 5.92 Å². The number of amidine groups is 1. The van der Waals surface area contributed by atoms with Crippen LogP contribution in [0, 0.1) is 0 Å². The van der Waals surface area contributed by atoms with Crippen molar-refractivity contribution in [1.29, 1.82) is 0 Å². The van der Waals surface area contributed by atoms with E-state index in [-0.39, 0.29) is 0 Å². The summed E-state index contributed by atoms with van der Waals surface area (Å²) >= 11 is 0. The van der Waals surface area contributed by atoms with Crippen molar-refractivity contribution in [3.63, 3.8) is 0 Å². The quantitative estimate of drug-likeness (QED) is 0.839. The molecular weight excluding hydrogens is 254 g/mol. The minimum Gasteiger partial charge on any atom is -0.361 e. The van der Waals surface area contributed by atoms with E-state index < -0.39 is 0 Å². The largest absolute Gasteiger partial charge is 0.361 e. The number of likely N-dealkylation sites (N-methyl/N-ethyl adjacent to an activating group) is 2. The fourth-order valence-electron chi connectivity index (χ4n) is 2.71. The van der Waals surface area contributed by atoms with Crippen LogP contribution in [0.4, 0.5) is 0 Å². The summed E-state index contributed by atoms with van der Waals surface area (Å²) < 4.78 is 5.36. The van der Waals surface area contributed by atoms with Gasteiger partial charge in [0.05, 0.1) is 18.6 Å². The molecule has 6 nitrogen and oxygen atoms in total. The summed E-state index contributed by atoms with van der Waals surface area (Å²) in [4.78, 5) is 11.2. The van der Waals surface area contributed by atoms with E-state index >= 15 is 0 Å². The molecule has 0 spiro atoms. The minimum absolute atomic E-state index is 0.356. The predicted octanol–water partition coefficient (Wildman–Crippen LogP) is 1.65. The van der Waals surface area contributed by atoms with Gasteiger partial charge in [-0.05, 0) is 0 Å². The molecule has 0 atom stereocenters. The van der Waals surface area contributed by atoms with Crippen LogP contribution in [0.15, 0.2) is 27.6 Å². The standard InChI is InChI=1S/C14H21N5O/c1-10(2)13-11(5-16-20-13)6-19-7-12-14(18(4)9-19)15-8-17(12)3/h5,7,10H,6,8-9H2,1-4H3. The van der Waals surface area contributed by atoms with E-state index in [2.05, 4.69) is 59.0 Å². The average molecular weight is 275 g/mol. The van der Waals surface area contributed by atoms with Crippen LogP contribution in [0.2, 0.25) is 0 Å². The number of rotatable bonds is 3. The van der Waals surface area contributed by atoms with E-state index in [1.807, 2.05) is 6.20 Å². The van der Waals surface area contributed by atoms with Crippen molar-refractivity contribution in [2.45, 2.75) is 26.3 Å². The van der Waals surface area contributed by atoms with Crippen molar-refractivity contribution in [3.8, 4) is 0 Å². The Kier molecular flexibility index (Phi) is 3.16. The van der Waals surface area contributed by atoms with Crippen LogP contribution in [-0.4, -0.2) is 53.1 Å². The smallest absolute Gasteiger partial charge is 0.152 e. The zero-order valence-electron chi connectivity index (χ0n) is 12.5. The van der Waals surface area contributed by atoms with Gasteiger partial charge in [-0.2, -0.15) is 0 Å². The molecule has 6 heteroatoms. The molecule has 0 aromatic carbocycles. The molecule has 0 N–H and O–H groups in total. The van der Waals surface area contributed by atoms with Crippen molar-refractivity contribution in [1.82, 2.24) is 19.9 Å². The molecule has 3 rings (SSSR count).